The number of fused-ring (bicyclic) bond motifs is 1. The van der Waals surface area contributed by atoms with Crippen LogP contribution in [0.4, 0.5) is 0 Å². The quantitative estimate of drug-likeness (QED) is 0.498. The molecule has 4 rings (SSSR count). The number of thiophene rings is 1. The average Bonchev–Trinajstić information content (AvgIpc) is 3.35. The Morgan fingerprint density at radius 2 is 2.07 bits per heavy atom. The molecule has 1 aromatic carbocycles. The highest BCUT2D eigenvalue weighted by Gasteiger charge is 2.32. The zero-order chi connectivity index (χ0) is 18.8. The number of rotatable bonds is 5. The van der Waals surface area contributed by atoms with Crippen LogP contribution in [0.2, 0.25) is 0 Å². The van der Waals surface area contributed by atoms with Gasteiger partial charge >= 0.3 is 5.97 Å². The molecule has 0 spiro atoms. The monoisotopic (exact) mass is 382 g/mol. The molecule has 0 unspecified atom stereocenters. The molecule has 0 fully saturated rings. The molecule has 1 aliphatic heterocycles. The highest BCUT2D eigenvalue weighted by Crippen LogP contribution is 2.24. The number of nitrogens with zero attached hydrogens (tertiary/aromatic N) is 2. The average molecular weight is 382 g/mol. The smallest absolute Gasteiger partial charge is 0.326 e. The molecule has 1 aliphatic rings. The standard InChI is InChI=1S/C19H14N2O5S/c22-16-8-12-4-1-2-5-14(12)19(24)21(16)9-17(23)25-10-13-11-26-18(20-13)15-6-3-7-27-15/h1-7,11H,8-10H2. The number of hydrogen-bond acceptors (Lipinski definition) is 7. The van der Waals surface area contributed by atoms with E-state index in [9.17, 15) is 14.4 Å². The van der Waals surface area contributed by atoms with Crippen molar-refractivity contribution in [1.29, 1.82) is 0 Å². The maximum atomic E-state index is 12.4. The summed E-state index contributed by atoms with van der Waals surface area (Å²) in [5.41, 5.74) is 1.55. The molecule has 0 aliphatic carbocycles. The normalized spacial score (nSPS) is 13.6. The minimum Gasteiger partial charge on any atom is -0.458 e. The van der Waals surface area contributed by atoms with Crippen LogP contribution in [0.3, 0.4) is 0 Å². The number of carbonyl (C=O) groups excluding carboxylic acids is 3. The first-order valence-electron chi connectivity index (χ1n) is 8.18. The van der Waals surface area contributed by atoms with Gasteiger partial charge in [0, 0.05) is 5.56 Å². The van der Waals surface area contributed by atoms with Crippen LogP contribution < -0.4 is 0 Å². The molecule has 136 valence electrons. The first-order chi connectivity index (χ1) is 13.1. The number of esters is 1. The van der Waals surface area contributed by atoms with E-state index in [1.54, 1.807) is 24.3 Å². The highest BCUT2D eigenvalue weighted by atomic mass is 32.1. The molecule has 0 atom stereocenters. The Labute approximate surface area is 158 Å². The van der Waals surface area contributed by atoms with Gasteiger partial charge in [-0.3, -0.25) is 19.3 Å². The number of imide groups is 1. The Morgan fingerprint density at radius 1 is 1.22 bits per heavy atom. The molecule has 0 bridgehead atoms. The van der Waals surface area contributed by atoms with Crippen molar-refractivity contribution >= 4 is 29.1 Å². The Balaban J connectivity index is 1.37. The van der Waals surface area contributed by atoms with Gasteiger partial charge in [0.1, 0.15) is 25.1 Å². The maximum absolute atomic E-state index is 12.4. The van der Waals surface area contributed by atoms with Gasteiger partial charge in [0.2, 0.25) is 11.8 Å². The van der Waals surface area contributed by atoms with Gasteiger partial charge in [-0.05, 0) is 23.1 Å². The van der Waals surface area contributed by atoms with E-state index in [4.69, 9.17) is 9.15 Å². The topological polar surface area (TPSA) is 89.7 Å². The van der Waals surface area contributed by atoms with E-state index in [-0.39, 0.29) is 13.0 Å². The summed E-state index contributed by atoms with van der Waals surface area (Å²) in [6.45, 7) is -0.526. The van der Waals surface area contributed by atoms with E-state index < -0.39 is 24.3 Å². The van der Waals surface area contributed by atoms with Crippen molar-refractivity contribution in [2.24, 2.45) is 0 Å². The van der Waals surface area contributed by atoms with Crippen molar-refractivity contribution in [3.05, 3.63) is 64.9 Å². The molecule has 8 heteroatoms. The van der Waals surface area contributed by atoms with Crippen LogP contribution in [0, 0.1) is 0 Å². The van der Waals surface area contributed by atoms with Gasteiger partial charge in [-0.2, -0.15) is 0 Å². The Kier molecular flexibility index (Phi) is 4.55. The van der Waals surface area contributed by atoms with Crippen molar-refractivity contribution in [3.63, 3.8) is 0 Å². The van der Waals surface area contributed by atoms with E-state index in [2.05, 4.69) is 4.98 Å². The molecular formula is C19H14N2O5S. The number of carbonyl (C=O) groups is 3. The van der Waals surface area contributed by atoms with Crippen molar-refractivity contribution in [1.82, 2.24) is 9.88 Å². The third kappa shape index (κ3) is 3.52. The number of amides is 2. The number of ether oxygens (including phenoxy) is 1. The predicted octanol–water partition coefficient (Wildman–Crippen LogP) is 2.67. The third-order valence-electron chi connectivity index (χ3n) is 4.09. The SMILES string of the molecule is O=C(CN1C(=O)Cc2ccccc2C1=O)OCc1coc(-c2cccs2)n1. The molecule has 3 aromatic rings. The summed E-state index contributed by atoms with van der Waals surface area (Å²) in [6, 6.07) is 10.6. The van der Waals surface area contributed by atoms with Crippen LogP contribution in [0.5, 0.6) is 0 Å². The Hall–Kier alpha value is -3.26. The molecule has 0 radical (unpaired) electrons. The molecule has 2 aromatic heterocycles. The van der Waals surface area contributed by atoms with Gasteiger partial charge < -0.3 is 9.15 Å². The molecular weight excluding hydrogens is 368 g/mol. The van der Waals surface area contributed by atoms with Gasteiger partial charge in [-0.25, -0.2) is 4.98 Å². The summed E-state index contributed by atoms with van der Waals surface area (Å²) < 4.78 is 10.5. The zero-order valence-electron chi connectivity index (χ0n) is 14.1. The van der Waals surface area contributed by atoms with Crippen molar-refractivity contribution in [3.8, 4) is 10.8 Å². The van der Waals surface area contributed by atoms with Crippen LogP contribution in [-0.4, -0.2) is 34.2 Å². The summed E-state index contributed by atoms with van der Waals surface area (Å²) in [5, 5.41) is 1.91. The second-order valence-electron chi connectivity index (χ2n) is 5.90. The second kappa shape index (κ2) is 7.16. The van der Waals surface area contributed by atoms with Gasteiger partial charge in [0.25, 0.3) is 5.91 Å². The lowest BCUT2D eigenvalue weighted by Gasteiger charge is -2.25. The molecule has 27 heavy (non-hydrogen) atoms. The lowest BCUT2D eigenvalue weighted by Crippen LogP contribution is -2.45. The van der Waals surface area contributed by atoms with Gasteiger partial charge in [-0.1, -0.05) is 24.3 Å². The van der Waals surface area contributed by atoms with Crippen molar-refractivity contribution in [2.45, 2.75) is 13.0 Å². The van der Waals surface area contributed by atoms with Gasteiger partial charge in [0.15, 0.2) is 0 Å². The Bertz CT molecular complexity index is 1010. The van der Waals surface area contributed by atoms with E-state index in [1.807, 2.05) is 17.5 Å². The van der Waals surface area contributed by atoms with Crippen LogP contribution in [-0.2, 0) is 27.4 Å². The number of hydrogen-bond donors (Lipinski definition) is 0. The van der Waals surface area contributed by atoms with E-state index >= 15 is 0 Å². The molecule has 0 saturated carbocycles. The minimum atomic E-state index is -0.684. The van der Waals surface area contributed by atoms with Crippen LogP contribution in [0.1, 0.15) is 21.6 Å². The van der Waals surface area contributed by atoms with E-state index in [0.29, 0.717) is 22.7 Å². The van der Waals surface area contributed by atoms with Crippen LogP contribution >= 0.6 is 11.3 Å². The highest BCUT2D eigenvalue weighted by molar-refractivity contribution is 7.13. The Morgan fingerprint density at radius 3 is 2.89 bits per heavy atom. The fourth-order valence-corrected chi connectivity index (χ4v) is 3.43. The summed E-state index contributed by atoms with van der Waals surface area (Å²) >= 11 is 1.49. The summed E-state index contributed by atoms with van der Waals surface area (Å²) in [6.07, 6.45) is 1.50. The lowest BCUT2D eigenvalue weighted by atomic mass is 9.98. The van der Waals surface area contributed by atoms with Crippen molar-refractivity contribution < 1.29 is 23.5 Å². The molecule has 0 N–H and O–H groups in total. The summed E-state index contributed by atoms with van der Waals surface area (Å²) in [4.78, 5) is 42.8. The number of aromatic nitrogens is 1. The van der Waals surface area contributed by atoms with Gasteiger partial charge in [-0.15, -0.1) is 11.3 Å². The minimum absolute atomic E-state index is 0.0860. The first-order valence-corrected chi connectivity index (χ1v) is 9.06. The third-order valence-corrected chi connectivity index (χ3v) is 4.95. The van der Waals surface area contributed by atoms with Gasteiger partial charge in [0.05, 0.1) is 11.3 Å². The molecule has 7 nitrogen and oxygen atoms in total. The fraction of sp³-hybridized carbons (Fsp3) is 0.158. The molecule has 2 amide bonds. The number of benzene rings is 1. The largest absolute Gasteiger partial charge is 0.458 e. The first kappa shape index (κ1) is 17.2. The lowest BCUT2D eigenvalue weighted by molar-refractivity contribution is -0.149. The second-order valence-corrected chi connectivity index (χ2v) is 6.85. The predicted molar refractivity (Wildman–Crippen MR) is 95.8 cm³/mol. The van der Waals surface area contributed by atoms with E-state index in [0.717, 1.165) is 9.78 Å². The van der Waals surface area contributed by atoms with E-state index in [1.165, 1.54) is 17.6 Å². The van der Waals surface area contributed by atoms with Crippen LogP contribution in [0.15, 0.2) is 52.5 Å². The van der Waals surface area contributed by atoms with Crippen molar-refractivity contribution in [2.75, 3.05) is 6.54 Å². The van der Waals surface area contributed by atoms with Crippen LogP contribution in [0.25, 0.3) is 10.8 Å². The molecule has 3 heterocycles. The number of oxazole rings is 1. The zero-order valence-corrected chi connectivity index (χ0v) is 14.9. The summed E-state index contributed by atoms with van der Waals surface area (Å²) in [5.74, 6) is -1.14. The fourth-order valence-electron chi connectivity index (χ4n) is 2.78. The summed E-state index contributed by atoms with van der Waals surface area (Å²) in [7, 11) is 0. The molecule has 0 saturated heterocycles. The maximum Gasteiger partial charge on any atom is 0.326 e.